The molecule has 1 aromatic carbocycles. The van der Waals surface area contributed by atoms with E-state index in [0.717, 1.165) is 44.9 Å². The highest BCUT2D eigenvalue weighted by Gasteiger charge is 2.24. The van der Waals surface area contributed by atoms with Crippen LogP contribution in [0.15, 0.2) is 18.2 Å². The molecule has 2 rings (SSSR count). The molecule has 2 N–H and O–H groups in total. The van der Waals surface area contributed by atoms with Crippen LogP contribution in [0.2, 0.25) is 0 Å². The summed E-state index contributed by atoms with van der Waals surface area (Å²) in [6.07, 6.45) is 6.27. The summed E-state index contributed by atoms with van der Waals surface area (Å²) in [7, 11) is 0. The molecule has 0 aromatic heterocycles. The largest absolute Gasteiger partial charge is 0.508 e. The summed E-state index contributed by atoms with van der Waals surface area (Å²) < 4.78 is 27.0. The fourth-order valence-electron chi connectivity index (χ4n) is 4.55. The molecule has 4 atom stereocenters. The smallest absolute Gasteiger partial charge is 0.461 e. The molecule has 0 bridgehead atoms. The quantitative estimate of drug-likeness (QED) is 0.205. The Labute approximate surface area is 243 Å². The van der Waals surface area contributed by atoms with Crippen molar-refractivity contribution < 1.29 is 42.9 Å². The number of carbonyl (C=O) groups is 4. The first-order valence-corrected chi connectivity index (χ1v) is 14.9. The highest BCUT2D eigenvalue weighted by atomic mass is 16.7. The average molecular weight is 578 g/mol. The third kappa shape index (κ3) is 12.1. The zero-order valence-electron chi connectivity index (χ0n) is 25.1. The third-order valence-electron chi connectivity index (χ3n) is 7.01. The normalized spacial score (nSPS) is 16.5. The van der Waals surface area contributed by atoms with Crippen molar-refractivity contribution in [2.75, 3.05) is 6.61 Å². The Morgan fingerprint density at radius 3 is 2.02 bits per heavy atom. The Hall–Kier alpha value is -3.14. The lowest BCUT2D eigenvalue weighted by atomic mass is 9.98. The van der Waals surface area contributed by atoms with Crippen molar-refractivity contribution >= 4 is 24.1 Å². The maximum absolute atomic E-state index is 12.6. The van der Waals surface area contributed by atoms with Gasteiger partial charge in [0.1, 0.15) is 24.9 Å². The zero-order chi connectivity index (χ0) is 30.4. The summed E-state index contributed by atoms with van der Waals surface area (Å²) in [6.45, 7) is 8.94. The molecule has 0 spiro atoms. The lowest BCUT2D eigenvalue weighted by Crippen LogP contribution is -2.36. The number of esters is 3. The van der Waals surface area contributed by atoms with E-state index in [-0.39, 0.29) is 42.5 Å². The van der Waals surface area contributed by atoms with E-state index in [0.29, 0.717) is 18.4 Å². The summed E-state index contributed by atoms with van der Waals surface area (Å²) in [6, 6.07) is 3.70. The lowest BCUT2D eigenvalue weighted by molar-refractivity contribution is -0.148. The molecule has 1 saturated carbocycles. The van der Waals surface area contributed by atoms with Crippen LogP contribution < -0.4 is 15.2 Å². The Bertz CT molecular complexity index is 1010. The van der Waals surface area contributed by atoms with Gasteiger partial charge in [0.05, 0.1) is 11.8 Å². The predicted octanol–water partition coefficient (Wildman–Crippen LogP) is 5.66. The first kappa shape index (κ1) is 34.1. The van der Waals surface area contributed by atoms with Crippen LogP contribution in [0.1, 0.15) is 98.0 Å². The predicted molar refractivity (Wildman–Crippen MR) is 152 cm³/mol. The van der Waals surface area contributed by atoms with Crippen molar-refractivity contribution in [2.24, 2.45) is 17.6 Å². The van der Waals surface area contributed by atoms with Crippen LogP contribution >= 0.6 is 0 Å². The van der Waals surface area contributed by atoms with E-state index < -0.39 is 36.2 Å². The van der Waals surface area contributed by atoms with Gasteiger partial charge in [-0.15, -0.1) is 0 Å². The minimum Gasteiger partial charge on any atom is -0.461 e. The highest BCUT2D eigenvalue weighted by Crippen LogP contribution is 2.31. The van der Waals surface area contributed by atoms with Crippen molar-refractivity contribution in [1.29, 1.82) is 0 Å². The van der Waals surface area contributed by atoms with Crippen LogP contribution in [0.5, 0.6) is 11.5 Å². The molecule has 230 valence electrons. The van der Waals surface area contributed by atoms with Crippen molar-refractivity contribution in [3.63, 3.8) is 0 Å². The Morgan fingerprint density at radius 2 is 1.44 bits per heavy atom. The van der Waals surface area contributed by atoms with Crippen molar-refractivity contribution in [1.82, 2.24) is 0 Å². The van der Waals surface area contributed by atoms with Crippen LogP contribution in [-0.4, -0.2) is 48.9 Å². The first-order valence-electron chi connectivity index (χ1n) is 14.9. The minimum absolute atomic E-state index is 0.0767. The molecule has 10 nitrogen and oxygen atoms in total. The van der Waals surface area contributed by atoms with E-state index in [1.807, 2.05) is 13.8 Å². The fraction of sp³-hybridized carbons (Fsp3) is 0.677. The molecule has 2 unspecified atom stereocenters. The van der Waals surface area contributed by atoms with Crippen LogP contribution in [-0.2, 0) is 35.0 Å². The van der Waals surface area contributed by atoms with Gasteiger partial charge in [0.25, 0.3) is 0 Å². The van der Waals surface area contributed by atoms with Crippen LogP contribution in [0.4, 0.5) is 4.79 Å². The summed E-state index contributed by atoms with van der Waals surface area (Å²) in [5.41, 5.74) is 6.68. The third-order valence-corrected chi connectivity index (χ3v) is 7.01. The number of carbonyl (C=O) groups excluding carboxylic acids is 4. The van der Waals surface area contributed by atoms with E-state index in [1.165, 1.54) is 6.07 Å². The number of nitrogens with two attached hydrogens (primary N) is 1. The highest BCUT2D eigenvalue weighted by molar-refractivity contribution is 5.79. The molecule has 10 heteroatoms. The van der Waals surface area contributed by atoms with Gasteiger partial charge in [-0.25, -0.2) is 4.79 Å². The van der Waals surface area contributed by atoms with Gasteiger partial charge in [0.15, 0.2) is 11.5 Å². The minimum atomic E-state index is -1.03. The first-order chi connectivity index (χ1) is 19.5. The molecular weight excluding hydrogens is 530 g/mol. The number of rotatable bonds is 15. The van der Waals surface area contributed by atoms with Gasteiger partial charge in [0.2, 0.25) is 0 Å². The lowest BCUT2D eigenvalue weighted by Gasteiger charge is -2.22. The van der Waals surface area contributed by atoms with E-state index in [9.17, 15) is 19.2 Å². The van der Waals surface area contributed by atoms with Crippen molar-refractivity contribution in [3.8, 4) is 11.5 Å². The van der Waals surface area contributed by atoms with Crippen molar-refractivity contribution in [3.05, 3.63) is 23.8 Å². The molecule has 0 aliphatic heterocycles. The van der Waals surface area contributed by atoms with Gasteiger partial charge in [-0.3, -0.25) is 14.4 Å². The zero-order valence-corrected chi connectivity index (χ0v) is 25.1. The molecule has 1 aromatic rings. The number of benzene rings is 1. The summed E-state index contributed by atoms with van der Waals surface area (Å²) in [5.74, 6) is -1.98. The molecule has 1 aliphatic carbocycles. The number of hydrogen-bond donors (Lipinski definition) is 1. The van der Waals surface area contributed by atoms with Gasteiger partial charge >= 0.3 is 24.1 Å². The second-order valence-electron chi connectivity index (χ2n) is 11.0. The molecule has 0 saturated heterocycles. The van der Waals surface area contributed by atoms with E-state index >= 15 is 0 Å². The molecule has 0 radical (unpaired) electrons. The molecule has 0 heterocycles. The summed E-state index contributed by atoms with van der Waals surface area (Å²) in [5, 5.41) is 0. The number of hydrogen-bond acceptors (Lipinski definition) is 10. The fourth-order valence-corrected chi connectivity index (χ4v) is 4.55. The van der Waals surface area contributed by atoms with Crippen molar-refractivity contribution in [2.45, 2.75) is 117 Å². The van der Waals surface area contributed by atoms with Crippen LogP contribution in [0.25, 0.3) is 0 Å². The Balaban J connectivity index is 1.98. The summed E-state index contributed by atoms with van der Waals surface area (Å²) in [4.78, 5) is 49.8. The van der Waals surface area contributed by atoms with E-state index in [2.05, 4.69) is 0 Å². The average Bonchev–Trinajstić information content (AvgIpc) is 2.93. The standard InChI is InChI=1S/C31H47NO9/c1-6-11-20(3)28(33)40-26-16-15-23(18-27(26)41-29(34)21(4)12-7-2)17-25(32)30(35)37-19-22(5)38-31(36)39-24-13-9-8-10-14-24/h15-16,18,20-22,24-25H,6-14,17,19,32H2,1-5H3/t20?,21?,22-,25-/m0/s1. The second-order valence-corrected chi connectivity index (χ2v) is 11.0. The van der Waals surface area contributed by atoms with Crippen LogP contribution in [0, 0.1) is 11.8 Å². The molecule has 41 heavy (non-hydrogen) atoms. The van der Waals surface area contributed by atoms with E-state index in [4.69, 9.17) is 29.4 Å². The van der Waals surface area contributed by atoms with Gasteiger partial charge in [-0.2, -0.15) is 0 Å². The van der Waals surface area contributed by atoms with Gasteiger partial charge in [-0.05, 0) is 69.6 Å². The number of ether oxygens (including phenoxy) is 5. The molecular formula is C31H47NO9. The maximum Gasteiger partial charge on any atom is 0.508 e. The topological polar surface area (TPSA) is 140 Å². The van der Waals surface area contributed by atoms with Gasteiger partial charge in [-0.1, -0.05) is 53.0 Å². The Morgan fingerprint density at radius 1 is 0.854 bits per heavy atom. The SMILES string of the molecule is CCCC(C)C(=O)Oc1ccc(C[C@H](N)C(=O)OC[C@H](C)OC(=O)OC2CCCCC2)cc1OC(=O)C(C)CCC. The summed E-state index contributed by atoms with van der Waals surface area (Å²) >= 11 is 0. The van der Waals surface area contributed by atoms with Gasteiger partial charge in [0, 0.05) is 0 Å². The molecule has 0 amide bonds. The molecule has 1 fully saturated rings. The van der Waals surface area contributed by atoms with Gasteiger partial charge < -0.3 is 29.4 Å². The second kappa shape index (κ2) is 17.6. The van der Waals surface area contributed by atoms with Crippen LogP contribution in [0.3, 0.4) is 0 Å². The molecule has 1 aliphatic rings. The monoisotopic (exact) mass is 577 g/mol. The maximum atomic E-state index is 12.6. The van der Waals surface area contributed by atoms with E-state index in [1.54, 1.807) is 32.9 Å². The Kier molecular flexibility index (Phi) is 14.6.